The van der Waals surface area contributed by atoms with Crippen molar-refractivity contribution in [2.45, 2.75) is 27.4 Å². The molecule has 0 radical (unpaired) electrons. The predicted octanol–water partition coefficient (Wildman–Crippen LogP) is 5.01. The number of hydroxylamine groups is 1. The molecule has 1 N–H and O–H groups in total. The van der Waals surface area contributed by atoms with Crippen LogP contribution in [0.3, 0.4) is 0 Å². The maximum Gasteiger partial charge on any atom is 0.309 e. The van der Waals surface area contributed by atoms with Gasteiger partial charge in [-0.25, -0.2) is 4.39 Å². The van der Waals surface area contributed by atoms with Gasteiger partial charge in [-0.2, -0.15) is 5.06 Å². The second-order valence-electron chi connectivity index (χ2n) is 5.51. The lowest BCUT2D eigenvalue weighted by atomic mass is 10.1. The first-order chi connectivity index (χ1) is 11.3. The lowest BCUT2D eigenvalue weighted by Crippen LogP contribution is -2.24. The molecule has 1 amide bonds. The van der Waals surface area contributed by atoms with Crippen molar-refractivity contribution in [1.82, 2.24) is 0 Å². The molecular formula is C18H20FNO3S. The Balaban J connectivity index is 2.30. The molecule has 0 fully saturated rings. The van der Waals surface area contributed by atoms with Gasteiger partial charge >= 0.3 is 5.24 Å². The van der Waals surface area contributed by atoms with Crippen molar-refractivity contribution >= 4 is 22.7 Å². The van der Waals surface area contributed by atoms with Crippen molar-refractivity contribution in [3.05, 3.63) is 58.4 Å². The summed E-state index contributed by atoms with van der Waals surface area (Å²) in [6.45, 7) is 5.81. The largest absolute Gasteiger partial charge is 0.488 e. The second kappa shape index (κ2) is 7.68. The summed E-state index contributed by atoms with van der Waals surface area (Å²) in [6, 6.07) is 8.08. The van der Waals surface area contributed by atoms with E-state index in [1.165, 1.54) is 18.2 Å². The number of ether oxygens (including phenoxy) is 1. The van der Waals surface area contributed by atoms with E-state index in [1.807, 2.05) is 32.9 Å². The van der Waals surface area contributed by atoms with Crippen molar-refractivity contribution in [3.63, 3.8) is 0 Å². The number of hydrogen-bond acceptors (Lipinski definition) is 4. The van der Waals surface area contributed by atoms with Gasteiger partial charge in [0.25, 0.3) is 0 Å². The third kappa shape index (κ3) is 3.88. The molecule has 0 saturated heterocycles. The zero-order valence-corrected chi connectivity index (χ0v) is 14.9. The fourth-order valence-electron chi connectivity index (χ4n) is 2.31. The van der Waals surface area contributed by atoms with E-state index in [1.54, 1.807) is 6.26 Å². The van der Waals surface area contributed by atoms with Gasteiger partial charge < -0.3 is 4.74 Å². The summed E-state index contributed by atoms with van der Waals surface area (Å²) in [7, 11) is 0. The molecule has 0 bridgehead atoms. The minimum Gasteiger partial charge on any atom is -0.488 e. The molecule has 2 rings (SSSR count). The summed E-state index contributed by atoms with van der Waals surface area (Å²) in [5, 5.41) is 9.82. The van der Waals surface area contributed by atoms with E-state index in [0.717, 1.165) is 28.5 Å². The van der Waals surface area contributed by atoms with Crippen LogP contribution < -0.4 is 9.80 Å². The lowest BCUT2D eigenvalue weighted by Gasteiger charge is -2.19. The number of thioether (sulfide) groups is 1. The van der Waals surface area contributed by atoms with E-state index in [4.69, 9.17) is 4.74 Å². The summed E-state index contributed by atoms with van der Waals surface area (Å²) in [6.07, 6.45) is 1.54. The van der Waals surface area contributed by atoms with Crippen molar-refractivity contribution in [2.24, 2.45) is 0 Å². The quantitative estimate of drug-likeness (QED) is 0.623. The number of anilines is 1. The van der Waals surface area contributed by atoms with Crippen molar-refractivity contribution in [2.75, 3.05) is 11.3 Å². The number of hydrogen-bond donors (Lipinski definition) is 1. The molecule has 6 heteroatoms. The summed E-state index contributed by atoms with van der Waals surface area (Å²) in [4.78, 5) is 11.7. The van der Waals surface area contributed by atoms with Crippen LogP contribution in [0.25, 0.3) is 0 Å². The van der Waals surface area contributed by atoms with Gasteiger partial charge in [-0.3, -0.25) is 10.0 Å². The third-order valence-corrected chi connectivity index (χ3v) is 4.36. The summed E-state index contributed by atoms with van der Waals surface area (Å²) < 4.78 is 19.9. The third-order valence-electron chi connectivity index (χ3n) is 3.83. The Bertz CT molecular complexity index is 764. The molecule has 0 spiro atoms. The molecule has 0 aliphatic rings. The number of halogens is 1. The van der Waals surface area contributed by atoms with Gasteiger partial charge in [-0.1, -0.05) is 23.9 Å². The standard InChI is InChI=1S/C18H20FNO3S/c1-11-8-13(3)17(9-12(11)2)23-10-14-15(19)6-5-7-16(14)20(22)18(21)24-4/h5-9,22H,10H2,1-4H3. The Morgan fingerprint density at radius 2 is 1.88 bits per heavy atom. The van der Waals surface area contributed by atoms with Gasteiger partial charge in [-0.05, 0) is 61.9 Å². The number of carbonyl (C=O) groups excluding carboxylic acids is 1. The molecule has 4 nitrogen and oxygen atoms in total. The molecule has 0 aliphatic carbocycles. The topological polar surface area (TPSA) is 49.8 Å². The maximum atomic E-state index is 14.2. The molecule has 0 aliphatic heterocycles. The van der Waals surface area contributed by atoms with Crippen molar-refractivity contribution in [1.29, 1.82) is 0 Å². The van der Waals surface area contributed by atoms with E-state index in [9.17, 15) is 14.4 Å². The number of aryl methyl sites for hydroxylation is 3. The average Bonchev–Trinajstić information content (AvgIpc) is 2.56. The normalized spacial score (nSPS) is 10.6. The summed E-state index contributed by atoms with van der Waals surface area (Å²) >= 11 is 0.837. The zero-order valence-electron chi connectivity index (χ0n) is 14.1. The Labute approximate surface area is 145 Å². The van der Waals surface area contributed by atoms with Crippen LogP contribution >= 0.6 is 11.8 Å². The van der Waals surface area contributed by atoms with Gasteiger partial charge in [0.1, 0.15) is 18.2 Å². The highest BCUT2D eigenvalue weighted by molar-refractivity contribution is 8.13. The highest BCUT2D eigenvalue weighted by Gasteiger charge is 2.19. The minimum atomic E-state index is -0.593. The van der Waals surface area contributed by atoms with E-state index in [-0.39, 0.29) is 17.9 Å². The van der Waals surface area contributed by atoms with Crippen LogP contribution in [0.2, 0.25) is 0 Å². The Hall–Kier alpha value is -2.05. The second-order valence-corrected chi connectivity index (χ2v) is 6.27. The molecule has 2 aromatic rings. The van der Waals surface area contributed by atoms with E-state index >= 15 is 0 Å². The van der Waals surface area contributed by atoms with Crippen molar-refractivity contribution < 1.29 is 19.1 Å². The monoisotopic (exact) mass is 349 g/mol. The van der Waals surface area contributed by atoms with Gasteiger partial charge in [0.05, 0.1) is 11.3 Å². The van der Waals surface area contributed by atoms with E-state index in [0.29, 0.717) is 10.8 Å². The molecule has 0 saturated carbocycles. The number of nitrogens with zero attached hydrogens (tertiary/aromatic N) is 1. The van der Waals surface area contributed by atoms with Crippen LogP contribution in [0.1, 0.15) is 22.3 Å². The molecule has 0 heterocycles. The Morgan fingerprint density at radius 3 is 2.54 bits per heavy atom. The summed E-state index contributed by atoms with van der Waals surface area (Å²) in [5.41, 5.74) is 3.37. The smallest absolute Gasteiger partial charge is 0.309 e. The van der Waals surface area contributed by atoms with Crippen LogP contribution in [-0.2, 0) is 6.61 Å². The van der Waals surface area contributed by atoms with Gasteiger partial charge in [0.15, 0.2) is 0 Å². The molecule has 128 valence electrons. The van der Waals surface area contributed by atoms with E-state index in [2.05, 4.69) is 0 Å². The number of rotatable bonds is 4. The minimum absolute atomic E-state index is 0.0795. The van der Waals surface area contributed by atoms with Crippen molar-refractivity contribution in [3.8, 4) is 5.75 Å². The molecule has 2 aromatic carbocycles. The zero-order chi connectivity index (χ0) is 17.9. The molecule has 0 unspecified atom stereocenters. The van der Waals surface area contributed by atoms with E-state index < -0.39 is 11.1 Å². The van der Waals surface area contributed by atoms with Crippen LogP contribution in [0.15, 0.2) is 30.3 Å². The summed E-state index contributed by atoms with van der Waals surface area (Å²) in [5.74, 6) is 0.106. The first-order valence-corrected chi connectivity index (χ1v) is 8.62. The molecule has 0 atom stereocenters. The predicted molar refractivity (Wildman–Crippen MR) is 94.6 cm³/mol. The number of amides is 1. The fourth-order valence-corrected chi connectivity index (χ4v) is 2.58. The Morgan fingerprint density at radius 1 is 1.21 bits per heavy atom. The molecular weight excluding hydrogens is 329 g/mol. The fraction of sp³-hybridized carbons (Fsp3) is 0.278. The van der Waals surface area contributed by atoms with Crippen LogP contribution in [-0.4, -0.2) is 16.7 Å². The average molecular weight is 349 g/mol. The SMILES string of the molecule is CSC(=O)N(O)c1cccc(F)c1COc1cc(C)c(C)cc1C. The highest BCUT2D eigenvalue weighted by atomic mass is 32.2. The molecule has 24 heavy (non-hydrogen) atoms. The van der Waals surface area contributed by atoms with Crippen LogP contribution in [0, 0.1) is 26.6 Å². The first kappa shape index (κ1) is 18.3. The van der Waals surface area contributed by atoms with Gasteiger partial charge in [0, 0.05) is 0 Å². The first-order valence-electron chi connectivity index (χ1n) is 7.40. The number of carbonyl (C=O) groups is 1. The van der Waals surface area contributed by atoms with Crippen LogP contribution in [0.5, 0.6) is 5.75 Å². The van der Waals surface area contributed by atoms with Crippen LogP contribution in [0.4, 0.5) is 14.9 Å². The highest BCUT2D eigenvalue weighted by Crippen LogP contribution is 2.28. The Kier molecular flexibility index (Phi) is 5.85. The molecule has 0 aromatic heterocycles. The maximum absolute atomic E-state index is 14.2. The number of benzene rings is 2. The lowest BCUT2D eigenvalue weighted by molar-refractivity contribution is 0.223. The van der Waals surface area contributed by atoms with Gasteiger partial charge in [0.2, 0.25) is 0 Å². The van der Waals surface area contributed by atoms with Gasteiger partial charge in [-0.15, -0.1) is 0 Å².